The Labute approximate surface area is 135 Å². The van der Waals surface area contributed by atoms with Gasteiger partial charge < -0.3 is 9.47 Å². The highest BCUT2D eigenvalue weighted by molar-refractivity contribution is 8.76. The van der Waals surface area contributed by atoms with Gasteiger partial charge in [-0.1, -0.05) is 21.6 Å². The average molecular weight is 336 g/mol. The highest BCUT2D eigenvalue weighted by atomic mass is 33.1. The van der Waals surface area contributed by atoms with Crippen molar-refractivity contribution in [1.29, 1.82) is 0 Å². The van der Waals surface area contributed by atoms with Crippen LogP contribution in [0.2, 0.25) is 0 Å². The Morgan fingerprint density at radius 1 is 0.864 bits per heavy atom. The molecule has 0 aliphatic rings. The number of nitrogens with zero attached hydrogens (tertiary/aromatic N) is 2. The van der Waals surface area contributed by atoms with Crippen LogP contribution in [0.4, 0.5) is 0 Å². The lowest BCUT2D eigenvalue weighted by molar-refractivity contribution is 0.0585. The van der Waals surface area contributed by atoms with Crippen LogP contribution in [0.5, 0.6) is 0 Å². The third-order valence-electron chi connectivity index (χ3n) is 2.49. The average Bonchev–Trinajstić information content (AvgIpc) is 2.59. The van der Waals surface area contributed by atoms with Gasteiger partial charge in [0.1, 0.15) is 11.4 Å². The smallest absolute Gasteiger partial charge is 0.356 e. The predicted molar refractivity (Wildman–Crippen MR) is 82.9 cm³/mol. The van der Waals surface area contributed by atoms with E-state index in [0.717, 1.165) is 9.79 Å². The van der Waals surface area contributed by atoms with Gasteiger partial charge in [-0.2, -0.15) is 0 Å². The Kier molecular flexibility index (Phi) is 5.79. The van der Waals surface area contributed by atoms with Crippen LogP contribution in [0.3, 0.4) is 0 Å². The molecule has 0 aliphatic heterocycles. The quantitative estimate of drug-likeness (QED) is 0.609. The van der Waals surface area contributed by atoms with Crippen molar-refractivity contribution in [2.45, 2.75) is 9.79 Å². The minimum Gasteiger partial charge on any atom is -0.464 e. The zero-order valence-electron chi connectivity index (χ0n) is 11.8. The lowest BCUT2D eigenvalue weighted by Gasteiger charge is -2.04. The van der Waals surface area contributed by atoms with Crippen molar-refractivity contribution in [3.8, 4) is 0 Å². The van der Waals surface area contributed by atoms with Crippen molar-refractivity contribution < 1.29 is 19.1 Å². The number of hydrogen-bond acceptors (Lipinski definition) is 8. The third kappa shape index (κ3) is 4.22. The van der Waals surface area contributed by atoms with E-state index in [1.54, 1.807) is 36.7 Å². The van der Waals surface area contributed by atoms with E-state index >= 15 is 0 Å². The van der Waals surface area contributed by atoms with Crippen molar-refractivity contribution in [2.75, 3.05) is 14.2 Å². The van der Waals surface area contributed by atoms with Gasteiger partial charge in [0.05, 0.1) is 14.2 Å². The number of ether oxygens (including phenoxy) is 2. The number of pyridine rings is 2. The summed E-state index contributed by atoms with van der Waals surface area (Å²) in [6, 6.07) is 6.86. The Hall–Kier alpha value is -2.06. The van der Waals surface area contributed by atoms with Gasteiger partial charge in [0.2, 0.25) is 0 Å². The fourth-order valence-electron chi connectivity index (χ4n) is 1.45. The van der Waals surface area contributed by atoms with E-state index in [-0.39, 0.29) is 11.4 Å². The van der Waals surface area contributed by atoms with Crippen molar-refractivity contribution in [3.05, 3.63) is 48.0 Å². The summed E-state index contributed by atoms with van der Waals surface area (Å²) < 4.78 is 9.26. The molecule has 0 atom stereocenters. The van der Waals surface area contributed by atoms with E-state index in [9.17, 15) is 9.59 Å². The van der Waals surface area contributed by atoms with Crippen LogP contribution in [0.15, 0.2) is 46.5 Å². The van der Waals surface area contributed by atoms with Crippen LogP contribution in [-0.2, 0) is 9.47 Å². The van der Waals surface area contributed by atoms with Crippen LogP contribution in [0, 0.1) is 0 Å². The van der Waals surface area contributed by atoms with Crippen LogP contribution < -0.4 is 0 Å². The summed E-state index contributed by atoms with van der Waals surface area (Å²) >= 11 is 0. The molecule has 0 saturated heterocycles. The summed E-state index contributed by atoms with van der Waals surface area (Å²) in [4.78, 5) is 32.4. The maximum Gasteiger partial charge on any atom is 0.356 e. The Bertz CT molecular complexity index is 635. The summed E-state index contributed by atoms with van der Waals surface area (Å²) in [5, 5.41) is 0. The van der Waals surface area contributed by atoms with E-state index in [0.29, 0.717) is 0 Å². The van der Waals surface area contributed by atoms with Crippen LogP contribution >= 0.6 is 21.6 Å². The van der Waals surface area contributed by atoms with E-state index in [2.05, 4.69) is 19.4 Å². The first-order valence-corrected chi connectivity index (χ1v) is 8.22. The Morgan fingerprint density at radius 2 is 1.27 bits per heavy atom. The molecule has 2 rings (SSSR count). The summed E-state index contributed by atoms with van der Waals surface area (Å²) in [6.45, 7) is 0. The molecule has 2 heterocycles. The summed E-state index contributed by atoms with van der Waals surface area (Å²) in [6.07, 6.45) is 3.09. The minimum atomic E-state index is -0.482. The van der Waals surface area contributed by atoms with Crippen LogP contribution in [0.1, 0.15) is 21.0 Å². The number of carbonyl (C=O) groups is 2. The number of methoxy groups -OCH3 is 2. The van der Waals surface area contributed by atoms with Gasteiger partial charge in [0.15, 0.2) is 0 Å². The second kappa shape index (κ2) is 7.81. The standard InChI is InChI=1S/C14H12N2O4S2/c1-19-13(17)11-7-9(3-5-15-11)21-22-10-4-6-16-12(8-10)14(18)20-2/h3-8H,1-2H3. The first kappa shape index (κ1) is 16.3. The van der Waals surface area contributed by atoms with E-state index in [4.69, 9.17) is 0 Å². The molecule has 0 radical (unpaired) electrons. The highest BCUT2D eigenvalue weighted by Crippen LogP contribution is 2.37. The molecule has 0 N–H and O–H groups in total. The number of hydrogen-bond donors (Lipinski definition) is 0. The molecule has 8 heteroatoms. The monoisotopic (exact) mass is 336 g/mol. The summed E-state index contributed by atoms with van der Waals surface area (Å²) in [7, 11) is 5.48. The Morgan fingerprint density at radius 3 is 1.64 bits per heavy atom. The maximum absolute atomic E-state index is 11.4. The largest absolute Gasteiger partial charge is 0.464 e. The summed E-state index contributed by atoms with van der Waals surface area (Å²) in [5.74, 6) is -0.964. The van der Waals surface area contributed by atoms with Gasteiger partial charge in [-0.25, -0.2) is 19.6 Å². The van der Waals surface area contributed by atoms with Crippen molar-refractivity contribution in [2.24, 2.45) is 0 Å². The summed E-state index contributed by atoms with van der Waals surface area (Å²) in [5.41, 5.74) is 0.496. The first-order chi connectivity index (χ1) is 10.6. The van der Waals surface area contributed by atoms with E-state index in [1.807, 2.05) is 0 Å². The Balaban J connectivity index is 2.07. The molecule has 2 aromatic rings. The molecule has 0 saturated carbocycles. The topological polar surface area (TPSA) is 78.4 Å². The second-order valence-electron chi connectivity index (χ2n) is 3.90. The molecule has 6 nitrogen and oxygen atoms in total. The molecule has 0 fully saturated rings. The normalized spacial score (nSPS) is 10.1. The van der Waals surface area contributed by atoms with Crippen molar-refractivity contribution >= 4 is 33.5 Å². The molecule has 22 heavy (non-hydrogen) atoms. The molecule has 0 aromatic carbocycles. The number of esters is 2. The van der Waals surface area contributed by atoms with Crippen LogP contribution in [-0.4, -0.2) is 36.1 Å². The minimum absolute atomic E-state index is 0.248. The van der Waals surface area contributed by atoms with Gasteiger partial charge in [-0.3, -0.25) is 0 Å². The second-order valence-corrected chi connectivity index (χ2v) is 6.18. The van der Waals surface area contributed by atoms with Crippen LogP contribution in [0.25, 0.3) is 0 Å². The molecule has 0 spiro atoms. The molecule has 2 aromatic heterocycles. The molecule has 0 unspecified atom stereocenters. The van der Waals surface area contributed by atoms with Gasteiger partial charge in [0.25, 0.3) is 0 Å². The number of carbonyl (C=O) groups excluding carboxylic acids is 2. The van der Waals surface area contributed by atoms with E-state index in [1.165, 1.54) is 35.8 Å². The van der Waals surface area contributed by atoms with Crippen molar-refractivity contribution in [1.82, 2.24) is 9.97 Å². The van der Waals surface area contributed by atoms with Gasteiger partial charge in [0, 0.05) is 22.2 Å². The predicted octanol–water partition coefficient (Wildman–Crippen LogP) is 2.85. The van der Waals surface area contributed by atoms with Crippen molar-refractivity contribution in [3.63, 3.8) is 0 Å². The fourth-order valence-corrected chi connectivity index (χ4v) is 3.40. The lowest BCUT2D eigenvalue weighted by Crippen LogP contribution is -2.03. The fraction of sp³-hybridized carbons (Fsp3) is 0.143. The molecule has 0 amide bonds. The molecular formula is C14H12N2O4S2. The molecular weight excluding hydrogens is 324 g/mol. The van der Waals surface area contributed by atoms with Gasteiger partial charge in [-0.05, 0) is 24.3 Å². The lowest BCUT2D eigenvalue weighted by atomic mass is 10.3. The highest BCUT2D eigenvalue weighted by Gasteiger charge is 2.10. The van der Waals surface area contributed by atoms with E-state index < -0.39 is 11.9 Å². The maximum atomic E-state index is 11.4. The molecule has 0 bridgehead atoms. The zero-order valence-corrected chi connectivity index (χ0v) is 13.4. The molecule has 114 valence electrons. The van der Waals surface area contributed by atoms with Gasteiger partial charge in [-0.15, -0.1) is 0 Å². The zero-order chi connectivity index (χ0) is 15.9. The SMILES string of the molecule is COC(=O)c1cc(SSc2ccnc(C(=O)OC)c2)ccn1. The van der Waals surface area contributed by atoms with Gasteiger partial charge >= 0.3 is 11.9 Å². The number of aromatic nitrogens is 2. The number of rotatable bonds is 5. The molecule has 0 aliphatic carbocycles. The first-order valence-electron chi connectivity index (χ1n) is 6.07. The third-order valence-corrected chi connectivity index (χ3v) is 4.87.